The molecule has 1 fully saturated rings. The number of carbonyl (C=O) groups excluding carboxylic acids is 1. The molecule has 4 heteroatoms. The molecule has 2 rings (SSSR count). The summed E-state index contributed by atoms with van der Waals surface area (Å²) in [7, 11) is 0. The molecule has 136 valence electrons. The maximum atomic E-state index is 12.3. The Bertz CT molecular complexity index is 495. The fourth-order valence-corrected chi connectivity index (χ4v) is 3.43. The fourth-order valence-electron chi connectivity index (χ4n) is 3.43. The first-order valence-electron chi connectivity index (χ1n) is 9.07. The van der Waals surface area contributed by atoms with E-state index < -0.39 is 0 Å². The molecule has 1 saturated heterocycles. The zero-order valence-electron chi connectivity index (χ0n) is 15.5. The highest BCUT2D eigenvalue weighted by Crippen LogP contribution is 2.25. The van der Waals surface area contributed by atoms with Crippen molar-refractivity contribution in [3.05, 3.63) is 35.4 Å². The second kappa shape index (κ2) is 10.0. The maximum absolute atomic E-state index is 12.3. The molecule has 1 aliphatic heterocycles. The Labute approximate surface area is 153 Å². The molecule has 0 saturated carbocycles. The number of hydrogen-bond donors (Lipinski definition) is 2. The van der Waals surface area contributed by atoms with Crippen LogP contribution in [0.5, 0.6) is 0 Å². The molecule has 0 aliphatic carbocycles. The van der Waals surface area contributed by atoms with Gasteiger partial charge in [0.1, 0.15) is 0 Å². The van der Waals surface area contributed by atoms with Crippen molar-refractivity contribution in [2.75, 3.05) is 13.1 Å². The van der Waals surface area contributed by atoms with Gasteiger partial charge < -0.3 is 10.6 Å². The van der Waals surface area contributed by atoms with Crippen LogP contribution in [0.15, 0.2) is 24.3 Å². The van der Waals surface area contributed by atoms with Gasteiger partial charge in [0.15, 0.2) is 0 Å². The van der Waals surface area contributed by atoms with Crippen molar-refractivity contribution in [3.63, 3.8) is 0 Å². The van der Waals surface area contributed by atoms with Crippen LogP contribution in [-0.4, -0.2) is 19.0 Å². The second-order valence-corrected chi connectivity index (χ2v) is 7.38. The molecule has 2 unspecified atom stereocenters. The summed E-state index contributed by atoms with van der Waals surface area (Å²) >= 11 is 0. The summed E-state index contributed by atoms with van der Waals surface area (Å²) in [6.07, 6.45) is 3.03. The lowest BCUT2D eigenvalue weighted by Crippen LogP contribution is -2.34. The minimum Gasteiger partial charge on any atom is -0.350 e. The third kappa shape index (κ3) is 6.10. The van der Waals surface area contributed by atoms with Crippen molar-refractivity contribution in [1.29, 1.82) is 0 Å². The molecule has 0 aromatic heterocycles. The number of nitrogens with one attached hydrogen (secondary N) is 2. The van der Waals surface area contributed by atoms with Gasteiger partial charge in [-0.25, -0.2) is 0 Å². The third-order valence-corrected chi connectivity index (χ3v) is 5.18. The van der Waals surface area contributed by atoms with Gasteiger partial charge in [-0.15, -0.1) is 12.4 Å². The van der Waals surface area contributed by atoms with Crippen LogP contribution >= 0.6 is 12.4 Å². The summed E-state index contributed by atoms with van der Waals surface area (Å²) in [4.78, 5) is 12.3. The molecule has 2 atom stereocenters. The van der Waals surface area contributed by atoms with E-state index in [9.17, 15) is 4.79 Å². The zero-order valence-corrected chi connectivity index (χ0v) is 16.3. The van der Waals surface area contributed by atoms with Gasteiger partial charge in [0.2, 0.25) is 5.91 Å². The summed E-state index contributed by atoms with van der Waals surface area (Å²) < 4.78 is 0. The normalized spacial score (nSPS) is 17.9. The highest BCUT2D eigenvalue weighted by molar-refractivity contribution is 5.85. The first-order chi connectivity index (χ1) is 11.0. The molecule has 1 heterocycles. The van der Waals surface area contributed by atoms with Crippen molar-refractivity contribution in [3.8, 4) is 0 Å². The standard InChI is InChI=1S/C20H32N2O.ClH/c1-14(2)17-5-7-19(8-6-17)16(4)22-20(23)13-15(3)18-9-11-21-12-10-18;/h5-8,14-16,18,21H,9-13H2,1-4H3,(H,22,23);1H. The number of halogens is 1. The van der Waals surface area contributed by atoms with Crippen molar-refractivity contribution < 1.29 is 4.79 Å². The van der Waals surface area contributed by atoms with E-state index in [0.29, 0.717) is 24.2 Å². The van der Waals surface area contributed by atoms with Gasteiger partial charge in [-0.3, -0.25) is 4.79 Å². The van der Waals surface area contributed by atoms with Crippen LogP contribution in [0.25, 0.3) is 0 Å². The van der Waals surface area contributed by atoms with E-state index in [1.807, 2.05) is 0 Å². The third-order valence-electron chi connectivity index (χ3n) is 5.18. The number of amides is 1. The molecule has 2 N–H and O–H groups in total. The molecule has 24 heavy (non-hydrogen) atoms. The van der Waals surface area contributed by atoms with Crippen LogP contribution < -0.4 is 10.6 Å². The number of carbonyl (C=O) groups is 1. The zero-order chi connectivity index (χ0) is 16.8. The van der Waals surface area contributed by atoms with Crippen molar-refractivity contribution in [2.45, 2.75) is 58.9 Å². The van der Waals surface area contributed by atoms with E-state index in [4.69, 9.17) is 0 Å². The molecule has 1 aromatic rings. The maximum Gasteiger partial charge on any atom is 0.220 e. The topological polar surface area (TPSA) is 41.1 Å². The summed E-state index contributed by atoms with van der Waals surface area (Å²) in [5.41, 5.74) is 2.52. The van der Waals surface area contributed by atoms with E-state index >= 15 is 0 Å². The Morgan fingerprint density at radius 2 is 1.62 bits per heavy atom. The van der Waals surface area contributed by atoms with Crippen LogP contribution in [-0.2, 0) is 4.79 Å². The lowest BCUT2D eigenvalue weighted by molar-refractivity contribution is -0.123. The molecule has 0 spiro atoms. The van der Waals surface area contributed by atoms with Gasteiger partial charge >= 0.3 is 0 Å². The van der Waals surface area contributed by atoms with Gasteiger partial charge in [-0.05, 0) is 61.7 Å². The Balaban J connectivity index is 0.00000288. The van der Waals surface area contributed by atoms with Gasteiger partial charge in [0, 0.05) is 6.42 Å². The van der Waals surface area contributed by atoms with Gasteiger partial charge in [0.25, 0.3) is 0 Å². The number of piperidine rings is 1. The number of benzene rings is 1. The predicted molar refractivity (Wildman–Crippen MR) is 104 cm³/mol. The SMILES string of the molecule is CC(C)c1ccc(C(C)NC(=O)CC(C)C2CCNCC2)cc1.Cl. The molecule has 0 radical (unpaired) electrons. The van der Waals surface area contributed by atoms with Gasteiger partial charge in [-0.2, -0.15) is 0 Å². The molecular formula is C20H33ClN2O. The molecule has 3 nitrogen and oxygen atoms in total. The summed E-state index contributed by atoms with van der Waals surface area (Å²) in [5, 5.41) is 6.55. The highest BCUT2D eigenvalue weighted by atomic mass is 35.5. The summed E-state index contributed by atoms with van der Waals surface area (Å²) in [6.45, 7) is 10.9. The Morgan fingerprint density at radius 3 is 2.17 bits per heavy atom. The average Bonchev–Trinajstić information content (AvgIpc) is 2.55. The van der Waals surface area contributed by atoms with E-state index in [2.05, 4.69) is 62.6 Å². The lowest BCUT2D eigenvalue weighted by atomic mass is 9.84. The van der Waals surface area contributed by atoms with E-state index in [1.165, 1.54) is 24.0 Å². The van der Waals surface area contributed by atoms with E-state index in [-0.39, 0.29) is 24.4 Å². The van der Waals surface area contributed by atoms with Crippen molar-refractivity contribution in [2.24, 2.45) is 11.8 Å². The smallest absolute Gasteiger partial charge is 0.220 e. The largest absolute Gasteiger partial charge is 0.350 e. The minimum absolute atomic E-state index is 0. The van der Waals surface area contributed by atoms with Crippen LogP contribution in [0.2, 0.25) is 0 Å². The first-order valence-corrected chi connectivity index (χ1v) is 9.07. The monoisotopic (exact) mass is 352 g/mol. The molecular weight excluding hydrogens is 320 g/mol. The predicted octanol–water partition coefficient (Wildman–Crippen LogP) is 4.43. The fraction of sp³-hybridized carbons (Fsp3) is 0.650. The summed E-state index contributed by atoms with van der Waals surface area (Å²) in [6, 6.07) is 8.68. The molecule has 0 bridgehead atoms. The highest BCUT2D eigenvalue weighted by Gasteiger charge is 2.22. The Morgan fingerprint density at radius 1 is 1.08 bits per heavy atom. The minimum atomic E-state index is 0. The summed E-state index contributed by atoms with van der Waals surface area (Å²) in [5.74, 6) is 1.87. The molecule has 1 aromatic carbocycles. The Kier molecular flexibility index (Phi) is 8.79. The molecule has 1 amide bonds. The quantitative estimate of drug-likeness (QED) is 0.794. The van der Waals surface area contributed by atoms with Crippen LogP contribution in [0.4, 0.5) is 0 Å². The van der Waals surface area contributed by atoms with E-state index in [0.717, 1.165) is 13.1 Å². The van der Waals surface area contributed by atoms with Crippen molar-refractivity contribution in [1.82, 2.24) is 10.6 Å². The second-order valence-electron chi connectivity index (χ2n) is 7.38. The van der Waals surface area contributed by atoms with E-state index in [1.54, 1.807) is 0 Å². The first kappa shape index (κ1) is 21.0. The average molecular weight is 353 g/mol. The van der Waals surface area contributed by atoms with Crippen LogP contribution in [0.1, 0.15) is 70.0 Å². The Hall–Kier alpha value is -1.06. The van der Waals surface area contributed by atoms with Crippen molar-refractivity contribution >= 4 is 18.3 Å². The number of rotatable bonds is 6. The molecule has 1 aliphatic rings. The van der Waals surface area contributed by atoms with Gasteiger partial charge in [-0.1, -0.05) is 45.0 Å². The lowest BCUT2D eigenvalue weighted by Gasteiger charge is -2.28. The number of hydrogen-bond acceptors (Lipinski definition) is 2. The van der Waals surface area contributed by atoms with Crippen LogP contribution in [0, 0.1) is 11.8 Å². The van der Waals surface area contributed by atoms with Crippen LogP contribution in [0.3, 0.4) is 0 Å². The van der Waals surface area contributed by atoms with Gasteiger partial charge in [0.05, 0.1) is 6.04 Å².